The van der Waals surface area contributed by atoms with Crippen molar-refractivity contribution in [2.75, 3.05) is 26.2 Å². The topological polar surface area (TPSA) is 41.6 Å². The van der Waals surface area contributed by atoms with Gasteiger partial charge in [0.15, 0.2) is 6.10 Å². The monoisotopic (exact) mass is 330 g/mol. The molecule has 4 nitrogen and oxygen atoms in total. The lowest BCUT2D eigenvalue weighted by molar-refractivity contribution is -0.138. The van der Waals surface area contributed by atoms with Gasteiger partial charge in [-0.2, -0.15) is 0 Å². The van der Waals surface area contributed by atoms with Crippen molar-refractivity contribution in [1.29, 1.82) is 0 Å². The number of halogens is 2. The van der Waals surface area contributed by atoms with Crippen molar-refractivity contribution < 1.29 is 13.9 Å². The van der Waals surface area contributed by atoms with E-state index >= 15 is 0 Å². The molecule has 19 heavy (non-hydrogen) atoms. The summed E-state index contributed by atoms with van der Waals surface area (Å²) in [6, 6.07) is 4.35. The Bertz CT molecular complexity index is 464. The highest BCUT2D eigenvalue weighted by atomic mass is 79.9. The highest BCUT2D eigenvalue weighted by Crippen LogP contribution is 2.22. The average Bonchev–Trinajstić information content (AvgIpc) is 2.43. The Kier molecular flexibility index (Phi) is 4.76. The maximum atomic E-state index is 13.1. The van der Waals surface area contributed by atoms with E-state index in [9.17, 15) is 9.18 Å². The van der Waals surface area contributed by atoms with Gasteiger partial charge in [-0.1, -0.05) is 0 Å². The van der Waals surface area contributed by atoms with E-state index in [1.165, 1.54) is 18.2 Å². The number of carbonyl (C=O) groups is 1. The number of nitrogens with one attached hydrogen (secondary N) is 1. The molecule has 1 N–H and O–H groups in total. The number of carbonyl (C=O) groups excluding carboxylic acids is 1. The molecule has 2 rings (SSSR count). The molecule has 1 aromatic rings. The van der Waals surface area contributed by atoms with Crippen molar-refractivity contribution in [3.63, 3.8) is 0 Å². The van der Waals surface area contributed by atoms with Crippen LogP contribution in [-0.4, -0.2) is 43.1 Å². The largest absolute Gasteiger partial charge is 0.481 e. The quantitative estimate of drug-likeness (QED) is 0.918. The van der Waals surface area contributed by atoms with Crippen LogP contribution < -0.4 is 10.1 Å². The first-order chi connectivity index (χ1) is 9.08. The number of amides is 1. The predicted octanol–water partition coefficient (Wildman–Crippen LogP) is 1.79. The lowest BCUT2D eigenvalue weighted by atomic mass is 10.2. The summed E-state index contributed by atoms with van der Waals surface area (Å²) in [5.74, 6) is 0.0830. The molecule has 1 aromatic carbocycles. The van der Waals surface area contributed by atoms with Gasteiger partial charge in [-0.05, 0) is 41.1 Å². The van der Waals surface area contributed by atoms with Gasteiger partial charge >= 0.3 is 0 Å². The van der Waals surface area contributed by atoms with Crippen LogP contribution in [0.5, 0.6) is 5.75 Å². The zero-order valence-electron chi connectivity index (χ0n) is 10.7. The molecule has 0 aromatic heterocycles. The Balaban J connectivity index is 1.97. The molecular weight excluding hydrogens is 315 g/mol. The van der Waals surface area contributed by atoms with Gasteiger partial charge in [-0.3, -0.25) is 4.79 Å². The van der Waals surface area contributed by atoms with Gasteiger partial charge in [0.2, 0.25) is 0 Å². The Morgan fingerprint density at radius 1 is 1.47 bits per heavy atom. The minimum absolute atomic E-state index is 0.0399. The minimum atomic E-state index is -0.574. The second-order valence-electron chi connectivity index (χ2n) is 4.41. The highest BCUT2D eigenvalue weighted by molar-refractivity contribution is 9.10. The number of rotatable bonds is 3. The maximum absolute atomic E-state index is 13.1. The first-order valence-corrected chi connectivity index (χ1v) is 6.98. The number of benzene rings is 1. The summed E-state index contributed by atoms with van der Waals surface area (Å²) >= 11 is 3.09. The molecule has 0 bridgehead atoms. The molecule has 0 radical (unpaired) electrons. The van der Waals surface area contributed by atoms with Gasteiger partial charge in [0.1, 0.15) is 11.6 Å². The van der Waals surface area contributed by atoms with Crippen molar-refractivity contribution in [2.45, 2.75) is 13.0 Å². The lowest BCUT2D eigenvalue weighted by Crippen LogP contribution is -2.50. The Hall–Kier alpha value is -1.14. The minimum Gasteiger partial charge on any atom is -0.481 e. The molecule has 0 aliphatic carbocycles. The van der Waals surface area contributed by atoms with Crippen LogP contribution in [-0.2, 0) is 4.79 Å². The number of hydrogen-bond donors (Lipinski definition) is 1. The first kappa shape index (κ1) is 14.3. The molecular formula is C13H16BrFN2O2. The van der Waals surface area contributed by atoms with Crippen LogP contribution in [0, 0.1) is 5.82 Å². The van der Waals surface area contributed by atoms with E-state index in [0.29, 0.717) is 23.3 Å². The fourth-order valence-corrected chi connectivity index (χ4v) is 2.30. The summed E-state index contributed by atoms with van der Waals surface area (Å²) in [5, 5.41) is 3.19. The summed E-state index contributed by atoms with van der Waals surface area (Å²) in [7, 11) is 0. The Morgan fingerprint density at radius 3 is 2.79 bits per heavy atom. The Morgan fingerprint density at radius 2 is 2.16 bits per heavy atom. The molecule has 0 saturated carbocycles. The highest BCUT2D eigenvalue weighted by Gasteiger charge is 2.23. The zero-order valence-corrected chi connectivity index (χ0v) is 12.2. The smallest absolute Gasteiger partial charge is 0.263 e. The SMILES string of the molecule is CC(Oc1ccc(F)c(Br)c1)C(=O)N1CCNCC1. The van der Waals surface area contributed by atoms with Gasteiger partial charge in [0.25, 0.3) is 5.91 Å². The van der Waals surface area contributed by atoms with Crippen LogP contribution in [0.2, 0.25) is 0 Å². The van der Waals surface area contributed by atoms with Gasteiger partial charge in [0, 0.05) is 26.2 Å². The Labute approximate surface area is 120 Å². The summed E-state index contributed by atoms with van der Waals surface area (Å²) in [5.41, 5.74) is 0. The van der Waals surface area contributed by atoms with E-state index in [1.54, 1.807) is 11.8 Å². The van der Waals surface area contributed by atoms with Gasteiger partial charge < -0.3 is 15.0 Å². The van der Waals surface area contributed by atoms with E-state index in [1.807, 2.05) is 0 Å². The van der Waals surface area contributed by atoms with Crippen molar-refractivity contribution in [2.24, 2.45) is 0 Å². The predicted molar refractivity (Wildman–Crippen MR) is 73.6 cm³/mol. The number of piperazine rings is 1. The van der Waals surface area contributed by atoms with Crippen LogP contribution in [0.15, 0.2) is 22.7 Å². The summed E-state index contributed by atoms with van der Waals surface area (Å²) < 4.78 is 19.0. The molecule has 1 unspecified atom stereocenters. The summed E-state index contributed by atoms with van der Waals surface area (Å²) in [4.78, 5) is 13.9. The van der Waals surface area contributed by atoms with E-state index in [0.717, 1.165) is 13.1 Å². The first-order valence-electron chi connectivity index (χ1n) is 6.19. The second kappa shape index (κ2) is 6.34. The molecule has 1 atom stereocenters. The van der Waals surface area contributed by atoms with Crippen LogP contribution in [0.1, 0.15) is 6.92 Å². The average molecular weight is 331 g/mol. The third-order valence-electron chi connectivity index (χ3n) is 2.98. The molecule has 1 amide bonds. The third-order valence-corrected chi connectivity index (χ3v) is 3.59. The fraction of sp³-hybridized carbons (Fsp3) is 0.462. The van der Waals surface area contributed by atoms with Gasteiger partial charge in [0.05, 0.1) is 4.47 Å². The van der Waals surface area contributed by atoms with Crippen LogP contribution in [0.4, 0.5) is 4.39 Å². The van der Waals surface area contributed by atoms with Crippen molar-refractivity contribution in [3.8, 4) is 5.75 Å². The third kappa shape index (κ3) is 3.67. The summed E-state index contributed by atoms with van der Waals surface area (Å²) in [6.07, 6.45) is -0.574. The van der Waals surface area contributed by atoms with E-state index in [2.05, 4.69) is 21.2 Å². The van der Waals surface area contributed by atoms with Crippen molar-refractivity contribution in [1.82, 2.24) is 10.2 Å². The molecule has 6 heteroatoms. The second-order valence-corrected chi connectivity index (χ2v) is 5.27. The molecule has 104 valence electrons. The molecule has 1 aliphatic rings. The normalized spacial score (nSPS) is 17.1. The van der Waals surface area contributed by atoms with E-state index < -0.39 is 6.10 Å². The standard InChI is InChI=1S/C13H16BrFN2O2/c1-9(13(18)17-6-4-16-5-7-17)19-10-2-3-12(15)11(14)8-10/h2-3,8-9,16H,4-7H2,1H3. The van der Waals surface area contributed by atoms with E-state index in [-0.39, 0.29) is 11.7 Å². The molecule has 1 fully saturated rings. The van der Waals surface area contributed by atoms with Crippen LogP contribution in [0.25, 0.3) is 0 Å². The number of hydrogen-bond acceptors (Lipinski definition) is 3. The lowest BCUT2D eigenvalue weighted by Gasteiger charge is -2.29. The number of ether oxygens (including phenoxy) is 1. The molecule has 1 saturated heterocycles. The zero-order chi connectivity index (χ0) is 13.8. The maximum Gasteiger partial charge on any atom is 0.263 e. The van der Waals surface area contributed by atoms with Gasteiger partial charge in [-0.15, -0.1) is 0 Å². The van der Waals surface area contributed by atoms with Crippen molar-refractivity contribution in [3.05, 3.63) is 28.5 Å². The molecule has 1 aliphatic heterocycles. The fourth-order valence-electron chi connectivity index (χ4n) is 1.95. The van der Waals surface area contributed by atoms with Crippen LogP contribution in [0.3, 0.4) is 0 Å². The van der Waals surface area contributed by atoms with E-state index in [4.69, 9.17) is 4.74 Å². The summed E-state index contributed by atoms with van der Waals surface area (Å²) in [6.45, 7) is 4.71. The number of nitrogens with zero attached hydrogens (tertiary/aromatic N) is 1. The molecule has 0 spiro atoms. The van der Waals surface area contributed by atoms with Crippen molar-refractivity contribution >= 4 is 21.8 Å². The van der Waals surface area contributed by atoms with Gasteiger partial charge in [-0.25, -0.2) is 4.39 Å². The molecule has 1 heterocycles. The van der Waals surface area contributed by atoms with Crippen LogP contribution >= 0.6 is 15.9 Å².